The van der Waals surface area contributed by atoms with E-state index in [0.29, 0.717) is 21.6 Å². The average Bonchev–Trinajstić information content (AvgIpc) is 3.02. The van der Waals surface area contributed by atoms with Gasteiger partial charge in [0.1, 0.15) is 10.7 Å². The fourth-order valence-corrected chi connectivity index (χ4v) is 3.03. The highest BCUT2D eigenvalue weighted by Gasteiger charge is 2.11. The lowest BCUT2D eigenvalue weighted by atomic mass is 10.2. The Labute approximate surface area is 145 Å². The van der Waals surface area contributed by atoms with Crippen molar-refractivity contribution in [1.82, 2.24) is 9.66 Å². The number of benzene rings is 1. The maximum atomic E-state index is 12.5. The van der Waals surface area contributed by atoms with Crippen LogP contribution in [0, 0.1) is 6.92 Å². The molecule has 130 valence electrons. The molecule has 0 saturated carbocycles. The van der Waals surface area contributed by atoms with E-state index in [0.717, 1.165) is 4.68 Å². The van der Waals surface area contributed by atoms with Gasteiger partial charge in [-0.25, -0.2) is 4.98 Å². The Morgan fingerprint density at radius 3 is 2.84 bits per heavy atom. The first-order chi connectivity index (χ1) is 12.0. The van der Waals surface area contributed by atoms with Gasteiger partial charge in [0.05, 0.1) is 18.7 Å². The molecule has 2 heterocycles. The first-order valence-corrected chi connectivity index (χ1v) is 8.01. The van der Waals surface area contributed by atoms with Crippen LogP contribution < -0.4 is 15.0 Å². The van der Waals surface area contributed by atoms with Crippen LogP contribution in [-0.2, 0) is 0 Å². The number of aromatic nitrogens is 2. The molecule has 0 atom stereocenters. The van der Waals surface area contributed by atoms with Crippen molar-refractivity contribution < 1.29 is 18.3 Å². The first kappa shape index (κ1) is 17.0. The summed E-state index contributed by atoms with van der Waals surface area (Å²) >= 11 is 1.37. The van der Waals surface area contributed by atoms with Crippen molar-refractivity contribution in [2.24, 2.45) is 5.10 Å². The molecule has 0 aliphatic carbocycles. The zero-order chi connectivity index (χ0) is 18.0. The maximum Gasteiger partial charge on any atom is 0.387 e. The lowest BCUT2D eigenvalue weighted by Gasteiger charge is -2.10. The van der Waals surface area contributed by atoms with E-state index in [1.54, 1.807) is 24.4 Å². The van der Waals surface area contributed by atoms with E-state index in [-0.39, 0.29) is 17.1 Å². The number of hydrogen-bond acceptors (Lipinski definition) is 6. The van der Waals surface area contributed by atoms with Gasteiger partial charge in [-0.05, 0) is 42.1 Å². The van der Waals surface area contributed by atoms with Crippen LogP contribution in [0.3, 0.4) is 0 Å². The average molecular weight is 365 g/mol. The molecular formula is C16H13F2N3O3S. The summed E-state index contributed by atoms with van der Waals surface area (Å²) in [6.07, 6.45) is 1.37. The smallest absolute Gasteiger partial charge is 0.387 e. The molecule has 3 aromatic rings. The fourth-order valence-electron chi connectivity index (χ4n) is 2.23. The van der Waals surface area contributed by atoms with E-state index in [4.69, 9.17) is 4.74 Å². The van der Waals surface area contributed by atoms with Crippen LogP contribution in [0.5, 0.6) is 11.5 Å². The summed E-state index contributed by atoms with van der Waals surface area (Å²) in [7, 11) is 1.35. The zero-order valence-electron chi connectivity index (χ0n) is 13.3. The Bertz CT molecular complexity index is 998. The molecule has 6 nitrogen and oxygen atoms in total. The predicted octanol–water partition coefficient (Wildman–Crippen LogP) is 3.26. The normalized spacial score (nSPS) is 11.6. The summed E-state index contributed by atoms with van der Waals surface area (Å²) in [5, 5.41) is 6.38. The van der Waals surface area contributed by atoms with Crippen molar-refractivity contribution in [2.45, 2.75) is 13.5 Å². The molecule has 0 radical (unpaired) electrons. The number of methoxy groups -OCH3 is 1. The minimum Gasteiger partial charge on any atom is -0.493 e. The van der Waals surface area contributed by atoms with Gasteiger partial charge in [-0.15, -0.1) is 11.3 Å². The molecule has 0 spiro atoms. The lowest BCUT2D eigenvalue weighted by molar-refractivity contribution is -0.0512. The highest BCUT2D eigenvalue weighted by molar-refractivity contribution is 7.16. The molecule has 0 N–H and O–H groups in total. The van der Waals surface area contributed by atoms with E-state index in [2.05, 4.69) is 14.8 Å². The standard InChI is InChI=1S/C16H13F2N3O3S/c1-9-20-14-11(5-6-25-14)15(22)21(9)19-8-10-3-4-12(23-2)13(7-10)24-16(17)18/h3-8,16H,1-2H3/b19-8-. The number of fused-ring (bicyclic) bond motifs is 1. The van der Waals surface area contributed by atoms with Crippen LogP contribution in [-0.4, -0.2) is 29.6 Å². The van der Waals surface area contributed by atoms with Gasteiger partial charge >= 0.3 is 6.61 Å². The highest BCUT2D eigenvalue weighted by atomic mass is 32.1. The summed E-state index contributed by atoms with van der Waals surface area (Å²) in [6, 6.07) is 6.13. The quantitative estimate of drug-likeness (QED) is 0.651. The van der Waals surface area contributed by atoms with Gasteiger partial charge in [-0.2, -0.15) is 18.6 Å². The molecule has 1 aromatic carbocycles. The van der Waals surface area contributed by atoms with Crippen LogP contribution in [0.25, 0.3) is 10.2 Å². The SMILES string of the molecule is COc1ccc(/C=N\n2c(C)nc3sccc3c2=O)cc1OC(F)F. The van der Waals surface area contributed by atoms with E-state index < -0.39 is 6.61 Å². The van der Waals surface area contributed by atoms with E-state index in [9.17, 15) is 13.6 Å². The molecule has 2 aromatic heterocycles. The van der Waals surface area contributed by atoms with Crippen LogP contribution in [0.4, 0.5) is 8.78 Å². The molecule has 0 aliphatic rings. The molecule has 0 amide bonds. The number of thiophene rings is 1. The van der Waals surface area contributed by atoms with Gasteiger partial charge in [0.25, 0.3) is 5.56 Å². The minimum absolute atomic E-state index is 0.114. The summed E-state index contributed by atoms with van der Waals surface area (Å²) in [5.41, 5.74) is 0.172. The molecule has 0 saturated heterocycles. The van der Waals surface area contributed by atoms with Crippen molar-refractivity contribution in [3.63, 3.8) is 0 Å². The molecule has 0 fully saturated rings. The van der Waals surface area contributed by atoms with Crippen LogP contribution in [0.2, 0.25) is 0 Å². The summed E-state index contributed by atoms with van der Waals surface area (Å²) in [5.74, 6) is 0.484. The van der Waals surface area contributed by atoms with Crippen LogP contribution in [0.15, 0.2) is 39.5 Å². The highest BCUT2D eigenvalue weighted by Crippen LogP contribution is 2.29. The number of halogens is 2. The molecule has 0 aliphatic heterocycles. The Morgan fingerprint density at radius 2 is 2.12 bits per heavy atom. The molecule has 9 heteroatoms. The van der Waals surface area contributed by atoms with Crippen LogP contribution >= 0.6 is 11.3 Å². The van der Waals surface area contributed by atoms with Crippen molar-refractivity contribution in [3.8, 4) is 11.5 Å². The zero-order valence-corrected chi connectivity index (χ0v) is 14.1. The molecule has 0 bridgehead atoms. The topological polar surface area (TPSA) is 65.7 Å². The van der Waals surface area contributed by atoms with Gasteiger partial charge in [0, 0.05) is 0 Å². The molecular weight excluding hydrogens is 352 g/mol. The number of alkyl halides is 2. The minimum atomic E-state index is -2.98. The predicted molar refractivity (Wildman–Crippen MR) is 91.2 cm³/mol. The number of rotatable bonds is 5. The second kappa shape index (κ2) is 6.98. The van der Waals surface area contributed by atoms with Gasteiger partial charge in [-0.3, -0.25) is 4.79 Å². The maximum absolute atomic E-state index is 12.5. The molecule has 0 unspecified atom stereocenters. The van der Waals surface area contributed by atoms with Gasteiger partial charge in [0.15, 0.2) is 11.5 Å². The second-order valence-corrected chi connectivity index (χ2v) is 5.84. The summed E-state index contributed by atoms with van der Waals surface area (Å²) in [6.45, 7) is -1.31. The molecule has 3 rings (SSSR count). The number of hydrogen-bond donors (Lipinski definition) is 0. The van der Waals surface area contributed by atoms with E-state index >= 15 is 0 Å². The van der Waals surface area contributed by atoms with Crippen molar-refractivity contribution in [1.29, 1.82) is 0 Å². The third-order valence-electron chi connectivity index (χ3n) is 3.36. The largest absolute Gasteiger partial charge is 0.493 e. The lowest BCUT2D eigenvalue weighted by Crippen LogP contribution is -2.19. The third-order valence-corrected chi connectivity index (χ3v) is 4.17. The summed E-state index contributed by atoms with van der Waals surface area (Å²) < 4.78 is 35.5. The third kappa shape index (κ3) is 3.50. The van der Waals surface area contributed by atoms with E-state index in [1.807, 2.05) is 0 Å². The first-order valence-electron chi connectivity index (χ1n) is 7.13. The summed E-state index contributed by atoms with van der Waals surface area (Å²) in [4.78, 5) is 17.4. The van der Waals surface area contributed by atoms with E-state index in [1.165, 1.54) is 36.8 Å². The Hall–Kier alpha value is -2.81. The number of aryl methyl sites for hydroxylation is 1. The van der Waals surface area contributed by atoms with Crippen molar-refractivity contribution in [3.05, 3.63) is 51.4 Å². The number of nitrogens with zero attached hydrogens (tertiary/aromatic N) is 3. The van der Waals surface area contributed by atoms with Crippen LogP contribution in [0.1, 0.15) is 11.4 Å². The van der Waals surface area contributed by atoms with Gasteiger partial charge in [-0.1, -0.05) is 0 Å². The van der Waals surface area contributed by atoms with Gasteiger partial charge < -0.3 is 9.47 Å². The van der Waals surface area contributed by atoms with Crippen molar-refractivity contribution in [2.75, 3.05) is 7.11 Å². The Kier molecular flexibility index (Phi) is 4.75. The number of ether oxygens (including phenoxy) is 2. The fraction of sp³-hybridized carbons (Fsp3) is 0.188. The molecule has 25 heavy (non-hydrogen) atoms. The Balaban J connectivity index is 1.98. The van der Waals surface area contributed by atoms with Crippen molar-refractivity contribution >= 4 is 27.8 Å². The monoisotopic (exact) mass is 365 g/mol. The second-order valence-electron chi connectivity index (χ2n) is 4.95. The Morgan fingerprint density at radius 1 is 1.32 bits per heavy atom. The van der Waals surface area contributed by atoms with Gasteiger partial charge in [0.2, 0.25) is 0 Å².